The number of aliphatic imine (C=N–C) groups is 1. The molecule has 0 aliphatic heterocycles. The Morgan fingerprint density at radius 1 is 1.45 bits per heavy atom. The molecule has 0 amide bonds. The van der Waals surface area contributed by atoms with Gasteiger partial charge in [0.1, 0.15) is 12.4 Å². The van der Waals surface area contributed by atoms with Crippen LogP contribution in [0.15, 0.2) is 41.5 Å². The average Bonchev–Trinajstić information content (AvgIpc) is 2.49. The van der Waals surface area contributed by atoms with Crippen molar-refractivity contribution < 1.29 is 19.0 Å². The van der Waals surface area contributed by atoms with E-state index in [0.29, 0.717) is 11.3 Å². The van der Waals surface area contributed by atoms with Gasteiger partial charge in [-0.05, 0) is 30.3 Å². The van der Waals surface area contributed by atoms with Crippen molar-refractivity contribution in [3.05, 3.63) is 53.6 Å². The van der Waals surface area contributed by atoms with Gasteiger partial charge in [-0.3, -0.25) is 4.99 Å². The minimum atomic E-state index is -1.19. The van der Waals surface area contributed by atoms with Gasteiger partial charge in [-0.25, -0.2) is 9.78 Å². The van der Waals surface area contributed by atoms with Crippen molar-refractivity contribution in [1.82, 2.24) is 4.98 Å². The van der Waals surface area contributed by atoms with Crippen LogP contribution in [0.25, 0.3) is 0 Å². The van der Waals surface area contributed by atoms with Gasteiger partial charge in [-0.2, -0.15) is 4.39 Å². The normalized spacial score (nSPS) is 11.3. The summed E-state index contributed by atoms with van der Waals surface area (Å²) < 4.78 is 18.9. The molecule has 0 aliphatic carbocycles. The van der Waals surface area contributed by atoms with E-state index in [2.05, 4.69) is 9.98 Å². The quantitative estimate of drug-likeness (QED) is 0.499. The number of rotatable bonds is 5. The first-order chi connectivity index (χ1) is 10.5. The Morgan fingerprint density at radius 3 is 2.86 bits per heavy atom. The minimum Gasteiger partial charge on any atom is -0.489 e. The second-order valence-corrected chi connectivity index (χ2v) is 4.37. The highest BCUT2D eigenvalue weighted by Crippen LogP contribution is 2.22. The lowest BCUT2D eigenvalue weighted by Crippen LogP contribution is -2.16. The van der Waals surface area contributed by atoms with Gasteiger partial charge in [0, 0.05) is 30.1 Å². The zero-order valence-corrected chi connectivity index (χ0v) is 11.8. The second kappa shape index (κ2) is 6.66. The predicted octanol–water partition coefficient (Wildman–Crippen LogP) is 1.89. The third-order valence-corrected chi connectivity index (χ3v) is 2.94. The largest absolute Gasteiger partial charge is 0.489 e. The molecule has 2 rings (SSSR count). The molecule has 0 spiro atoms. The highest BCUT2D eigenvalue weighted by Gasteiger charge is 2.15. The Kier molecular flexibility index (Phi) is 4.67. The van der Waals surface area contributed by atoms with Gasteiger partial charge in [-0.1, -0.05) is 0 Å². The van der Waals surface area contributed by atoms with E-state index in [0.717, 1.165) is 0 Å². The zero-order valence-electron chi connectivity index (χ0n) is 11.8. The predicted molar refractivity (Wildman–Crippen MR) is 79.5 cm³/mol. The molecule has 0 aliphatic rings. The van der Waals surface area contributed by atoms with E-state index >= 15 is 0 Å². The van der Waals surface area contributed by atoms with Crippen LogP contribution >= 0.6 is 0 Å². The fourth-order valence-electron chi connectivity index (χ4n) is 1.85. The van der Waals surface area contributed by atoms with Gasteiger partial charge in [0.15, 0.2) is 5.71 Å². The summed E-state index contributed by atoms with van der Waals surface area (Å²) in [6, 6.07) is 7.69. The molecule has 0 bridgehead atoms. The van der Waals surface area contributed by atoms with Crippen molar-refractivity contribution in [2.45, 2.75) is 6.61 Å². The maximum Gasteiger partial charge on any atom is 0.354 e. The van der Waals surface area contributed by atoms with E-state index in [9.17, 15) is 9.18 Å². The number of carboxylic acids is 1. The first-order valence-electron chi connectivity index (χ1n) is 6.35. The molecule has 1 aromatic heterocycles. The molecule has 114 valence electrons. The average molecular weight is 303 g/mol. The Morgan fingerprint density at radius 2 is 2.23 bits per heavy atom. The molecule has 22 heavy (non-hydrogen) atoms. The molecule has 3 N–H and O–H groups in total. The number of nitrogens with zero attached hydrogens (tertiary/aromatic N) is 2. The number of benzene rings is 1. The maximum atomic E-state index is 13.4. The van der Waals surface area contributed by atoms with Gasteiger partial charge in [0.05, 0.1) is 0 Å². The third-order valence-electron chi connectivity index (χ3n) is 2.94. The van der Waals surface area contributed by atoms with E-state index in [4.69, 9.17) is 15.6 Å². The SMILES string of the molecule is CN=C(C(=O)O)c1cc(OCc2cccnc2F)ccc1N. The summed E-state index contributed by atoms with van der Waals surface area (Å²) in [5.74, 6) is -1.45. The van der Waals surface area contributed by atoms with Gasteiger partial charge < -0.3 is 15.6 Å². The number of nitrogens with two attached hydrogens (primary N) is 1. The van der Waals surface area contributed by atoms with Crippen LogP contribution < -0.4 is 10.5 Å². The third kappa shape index (κ3) is 3.38. The lowest BCUT2D eigenvalue weighted by atomic mass is 10.1. The summed E-state index contributed by atoms with van der Waals surface area (Å²) in [7, 11) is 1.36. The van der Waals surface area contributed by atoms with Crippen LogP contribution in [0.2, 0.25) is 0 Å². The first-order valence-corrected chi connectivity index (χ1v) is 6.35. The highest BCUT2D eigenvalue weighted by molar-refractivity contribution is 6.43. The van der Waals surface area contributed by atoms with Crippen molar-refractivity contribution in [3.63, 3.8) is 0 Å². The fraction of sp³-hybridized carbons (Fsp3) is 0.133. The van der Waals surface area contributed by atoms with E-state index in [1.807, 2.05) is 0 Å². The van der Waals surface area contributed by atoms with Crippen LogP contribution in [-0.4, -0.2) is 28.8 Å². The smallest absolute Gasteiger partial charge is 0.354 e. The van der Waals surface area contributed by atoms with Crippen LogP contribution in [0.4, 0.5) is 10.1 Å². The number of anilines is 1. The van der Waals surface area contributed by atoms with Crippen LogP contribution in [0.1, 0.15) is 11.1 Å². The number of hydrogen-bond donors (Lipinski definition) is 2. The number of carbonyl (C=O) groups is 1. The summed E-state index contributed by atoms with van der Waals surface area (Å²) in [4.78, 5) is 18.4. The van der Waals surface area contributed by atoms with Crippen molar-refractivity contribution in [1.29, 1.82) is 0 Å². The molecular formula is C15H14FN3O3. The lowest BCUT2D eigenvalue weighted by Gasteiger charge is -2.10. The van der Waals surface area contributed by atoms with Crippen molar-refractivity contribution in [2.24, 2.45) is 4.99 Å². The molecule has 0 saturated heterocycles. The Balaban J connectivity index is 2.23. The zero-order chi connectivity index (χ0) is 16.1. The number of carboxylic acid groups (broad SMARTS) is 1. The van der Waals surface area contributed by atoms with Gasteiger partial charge in [0.2, 0.25) is 5.95 Å². The van der Waals surface area contributed by atoms with Gasteiger partial charge in [0.25, 0.3) is 0 Å². The fourth-order valence-corrected chi connectivity index (χ4v) is 1.85. The minimum absolute atomic E-state index is 0.0330. The molecule has 6 nitrogen and oxygen atoms in total. The number of aliphatic carboxylic acids is 1. The number of pyridine rings is 1. The molecule has 0 unspecified atom stereocenters. The number of halogens is 1. The van der Waals surface area contributed by atoms with Crippen LogP contribution in [0.5, 0.6) is 5.75 Å². The van der Waals surface area contributed by atoms with E-state index < -0.39 is 11.9 Å². The van der Waals surface area contributed by atoms with Crippen molar-refractivity contribution >= 4 is 17.4 Å². The molecule has 1 aromatic carbocycles. The number of aromatic nitrogens is 1. The van der Waals surface area contributed by atoms with Crippen LogP contribution in [0, 0.1) is 5.95 Å². The molecule has 0 radical (unpaired) electrons. The van der Waals surface area contributed by atoms with E-state index in [1.54, 1.807) is 18.2 Å². The number of hydrogen-bond acceptors (Lipinski definition) is 5. The maximum absolute atomic E-state index is 13.4. The lowest BCUT2D eigenvalue weighted by molar-refractivity contribution is -0.129. The van der Waals surface area contributed by atoms with Gasteiger partial charge >= 0.3 is 5.97 Å². The Bertz CT molecular complexity index is 732. The topological polar surface area (TPSA) is 97.8 Å². The van der Waals surface area contributed by atoms with Crippen molar-refractivity contribution in [2.75, 3.05) is 12.8 Å². The summed E-state index contributed by atoms with van der Waals surface area (Å²) in [6.07, 6.45) is 1.34. The molecule has 2 aromatic rings. The summed E-state index contributed by atoms with van der Waals surface area (Å²) >= 11 is 0. The Hall–Kier alpha value is -2.96. The van der Waals surface area contributed by atoms with Crippen molar-refractivity contribution in [3.8, 4) is 5.75 Å². The molecule has 0 atom stereocenters. The summed E-state index contributed by atoms with van der Waals surface area (Å²) in [5.41, 5.74) is 6.41. The van der Waals surface area contributed by atoms with E-state index in [-0.39, 0.29) is 23.6 Å². The molecule has 1 heterocycles. The second-order valence-electron chi connectivity index (χ2n) is 4.37. The molecule has 0 fully saturated rings. The first kappa shape index (κ1) is 15.4. The van der Waals surface area contributed by atoms with Crippen LogP contribution in [-0.2, 0) is 11.4 Å². The standard InChI is InChI=1S/C15H14FN3O3/c1-18-13(15(20)21)11-7-10(4-5-12(11)17)22-8-9-3-2-6-19-14(9)16/h2-7H,8,17H2,1H3,(H,20,21). The molecule has 0 saturated carbocycles. The summed E-state index contributed by atoms with van der Waals surface area (Å²) in [6.45, 7) is -0.0330. The Labute approximate surface area is 126 Å². The monoisotopic (exact) mass is 303 g/mol. The molecular weight excluding hydrogens is 289 g/mol. The van der Waals surface area contributed by atoms with Gasteiger partial charge in [-0.15, -0.1) is 0 Å². The van der Waals surface area contributed by atoms with Crippen LogP contribution in [0.3, 0.4) is 0 Å². The molecule has 7 heteroatoms. The number of nitrogen functional groups attached to an aromatic ring is 1. The van der Waals surface area contributed by atoms with E-state index in [1.165, 1.54) is 25.4 Å². The number of ether oxygens (including phenoxy) is 1. The highest BCUT2D eigenvalue weighted by atomic mass is 19.1. The summed E-state index contributed by atoms with van der Waals surface area (Å²) in [5, 5.41) is 9.10.